The van der Waals surface area contributed by atoms with E-state index in [0.29, 0.717) is 25.0 Å². The summed E-state index contributed by atoms with van der Waals surface area (Å²) in [6.45, 7) is 7.12. The van der Waals surface area contributed by atoms with Crippen LogP contribution in [0.15, 0.2) is 30.3 Å². The summed E-state index contributed by atoms with van der Waals surface area (Å²) in [7, 11) is 0. The van der Waals surface area contributed by atoms with Crippen molar-refractivity contribution >= 4 is 0 Å². The van der Waals surface area contributed by atoms with Gasteiger partial charge in [0.1, 0.15) is 0 Å². The minimum Gasteiger partial charge on any atom is -0.374 e. The molecule has 106 valence electrons. The highest BCUT2D eigenvalue weighted by molar-refractivity contribution is 5.13. The van der Waals surface area contributed by atoms with Gasteiger partial charge in [0.2, 0.25) is 6.36 Å². The first-order valence-electron chi connectivity index (χ1n) is 7.00. The molecule has 0 N–H and O–H groups in total. The number of alkyl halides is 1. The third kappa shape index (κ3) is 3.54. The first-order chi connectivity index (χ1) is 9.09. The second kappa shape index (κ2) is 6.49. The molecule has 3 heteroatoms. The quantitative estimate of drug-likeness (QED) is 0.825. The maximum Gasteiger partial charge on any atom is 0.201 e. The molecule has 0 aromatic heterocycles. The Labute approximate surface area is 114 Å². The summed E-state index contributed by atoms with van der Waals surface area (Å²) in [5.41, 5.74) is 1.13. The van der Waals surface area contributed by atoms with Crippen LogP contribution in [-0.2, 0) is 16.1 Å². The molecule has 0 bridgehead atoms. The molecule has 1 heterocycles. The fraction of sp³-hybridized carbons (Fsp3) is 0.625. The van der Waals surface area contributed by atoms with Crippen molar-refractivity contribution in [2.45, 2.75) is 39.8 Å². The first kappa shape index (κ1) is 14.5. The fourth-order valence-corrected chi connectivity index (χ4v) is 2.53. The number of halogens is 1. The van der Waals surface area contributed by atoms with Gasteiger partial charge < -0.3 is 9.47 Å². The third-order valence-corrected chi connectivity index (χ3v) is 4.36. The van der Waals surface area contributed by atoms with Gasteiger partial charge >= 0.3 is 0 Å². The van der Waals surface area contributed by atoms with Crippen molar-refractivity contribution in [1.29, 1.82) is 0 Å². The lowest BCUT2D eigenvalue weighted by molar-refractivity contribution is -0.203. The molecule has 0 saturated carbocycles. The molecule has 0 spiro atoms. The SMILES string of the molecule is CC1C(F)OC(COCc2ccccc2)C(C)C1C. The zero-order chi connectivity index (χ0) is 13.8. The Kier molecular flexibility index (Phi) is 4.94. The molecule has 0 amide bonds. The van der Waals surface area contributed by atoms with Gasteiger partial charge in [0.05, 0.1) is 19.3 Å². The predicted molar refractivity (Wildman–Crippen MR) is 73.4 cm³/mol. The van der Waals surface area contributed by atoms with Crippen molar-refractivity contribution in [2.75, 3.05) is 6.61 Å². The molecule has 1 aliphatic rings. The van der Waals surface area contributed by atoms with Crippen LogP contribution in [0, 0.1) is 17.8 Å². The summed E-state index contributed by atoms with van der Waals surface area (Å²) in [6.07, 6.45) is -1.32. The zero-order valence-electron chi connectivity index (χ0n) is 11.9. The van der Waals surface area contributed by atoms with Gasteiger partial charge in [-0.2, -0.15) is 0 Å². The summed E-state index contributed by atoms with van der Waals surface area (Å²) >= 11 is 0. The molecular formula is C16H23FO2. The van der Waals surface area contributed by atoms with Gasteiger partial charge in [-0.05, 0) is 17.4 Å². The second-order valence-electron chi connectivity index (χ2n) is 5.60. The molecule has 2 nitrogen and oxygen atoms in total. The van der Waals surface area contributed by atoms with E-state index in [1.165, 1.54) is 0 Å². The minimum absolute atomic E-state index is 0.0413. The normalized spacial score (nSPS) is 35.3. The molecule has 5 atom stereocenters. The van der Waals surface area contributed by atoms with Crippen molar-refractivity contribution < 1.29 is 13.9 Å². The van der Waals surface area contributed by atoms with Crippen molar-refractivity contribution in [3.8, 4) is 0 Å². The molecule has 5 unspecified atom stereocenters. The van der Waals surface area contributed by atoms with E-state index in [4.69, 9.17) is 9.47 Å². The average molecular weight is 266 g/mol. The zero-order valence-corrected chi connectivity index (χ0v) is 11.9. The second-order valence-corrected chi connectivity index (χ2v) is 5.60. The van der Waals surface area contributed by atoms with E-state index >= 15 is 0 Å². The Balaban J connectivity index is 1.82. The molecule has 1 fully saturated rings. The molecule has 0 radical (unpaired) electrons. The Bertz CT molecular complexity index is 382. The van der Waals surface area contributed by atoms with E-state index in [1.54, 1.807) is 0 Å². The highest BCUT2D eigenvalue weighted by atomic mass is 19.1. The van der Waals surface area contributed by atoms with E-state index in [0.717, 1.165) is 5.56 Å². The smallest absolute Gasteiger partial charge is 0.201 e. The van der Waals surface area contributed by atoms with Crippen LogP contribution in [0.5, 0.6) is 0 Å². The Morgan fingerprint density at radius 1 is 1.05 bits per heavy atom. The van der Waals surface area contributed by atoms with Crippen LogP contribution in [0.2, 0.25) is 0 Å². The highest BCUT2D eigenvalue weighted by Gasteiger charge is 2.39. The monoisotopic (exact) mass is 266 g/mol. The summed E-state index contributed by atoms with van der Waals surface area (Å²) in [4.78, 5) is 0. The maximum atomic E-state index is 13.7. The predicted octanol–water partition coefficient (Wildman–Crippen LogP) is 3.81. The Hall–Kier alpha value is -0.930. The van der Waals surface area contributed by atoms with E-state index < -0.39 is 6.36 Å². The molecule has 1 saturated heterocycles. The molecule has 1 aromatic rings. The Morgan fingerprint density at radius 2 is 1.74 bits per heavy atom. The van der Waals surface area contributed by atoms with Crippen molar-refractivity contribution in [3.63, 3.8) is 0 Å². The van der Waals surface area contributed by atoms with Crippen LogP contribution in [-0.4, -0.2) is 19.1 Å². The van der Waals surface area contributed by atoms with Crippen LogP contribution in [0.25, 0.3) is 0 Å². The lowest BCUT2D eigenvalue weighted by Crippen LogP contribution is -2.44. The topological polar surface area (TPSA) is 18.5 Å². The van der Waals surface area contributed by atoms with Gasteiger partial charge in [-0.25, -0.2) is 4.39 Å². The number of rotatable bonds is 4. The van der Waals surface area contributed by atoms with Crippen LogP contribution < -0.4 is 0 Å². The molecule has 19 heavy (non-hydrogen) atoms. The summed E-state index contributed by atoms with van der Waals surface area (Å²) < 4.78 is 24.8. The van der Waals surface area contributed by atoms with Crippen LogP contribution >= 0.6 is 0 Å². The van der Waals surface area contributed by atoms with Crippen molar-refractivity contribution in [2.24, 2.45) is 17.8 Å². The van der Waals surface area contributed by atoms with Gasteiger partial charge in [0.25, 0.3) is 0 Å². The molecule has 1 aromatic carbocycles. The van der Waals surface area contributed by atoms with E-state index in [1.807, 2.05) is 37.3 Å². The molecular weight excluding hydrogens is 243 g/mol. The maximum absolute atomic E-state index is 13.7. The summed E-state index contributed by atoms with van der Waals surface area (Å²) in [5.74, 6) is 0.590. The lowest BCUT2D eigenvalue weighted by Gasteiger charge is -2.40. The summed E-state index contributed by atoms with van der Waals surface area (Å²) in [5, 5.41) is 0. The van der Waals surface area contributed by atoms with Crippen LogP contribution in [0.4, 0.5) is 4.39 Å². The standard InChI is InChI=1S/C16H23FO2/c1-11-12(2)15(19-16(17)13(11)3)10-18-9-14-7-5-4-6-8-14/h4-8,11-13,15-16H,9-10H2,1-3H3. The van der Waals surface area contributed by atoms with Crippen LogP contribution in [0.1, 0.15) is 26.3 Å². The van der Waals surface area contributed by atoms with Gasteiger partial charge in [-0.3, -0.25) is 0 Å². The minimum atomic E-state index is -1.17. The average Bonchev–Trinajstić information content (AvgIpc) is 2.43. The fourth-order valence-electron chi connectivity index (χ4n) is 2.53. The van der Waals surface area contributed by atoms with E-state index in [-0.39, 0.29) is 12.0 Å². The van der Waals surface area contributed by atoms with Gasteiger partial charge in [0.15, 0.2) is 0 Å². The largest absolute Gasteiger partial charge is 0.374 e. The van der Waals surface area contributed by atoms with Gasteiger partial charge in [-0.15, -0.1) is 0 Å². The van der Waals surface area contributed by atoms with Gasteiger partial charge in [-0.1, -0.05) is 51.1 Å². The highest BCUT2D eigenvalue weighted by Crippen LogP contribution is 2.35. The van der Waals surface area contributed by atoms with E-state index in [2.05, 4.69) is 13.8 Å². The van der Waals surface area contributed by atoms with Crippen LogP contribution in [0.3, 0.4) is 0 Å². The lowest BCUT2D eigenvalue weighted by atomic mass is 9.79. The summed E-state index contributed by atoms with van der Waals surface area (Å²) in [6, 6.07) is 9.99. The number of hydrogen-bond donors (Lipinski definition) is 0. The Morgan fingerprint density at radius 3 is 2.42 bits per heavy atom. The number of ether oxygens (including phenoxy) is 2. The van der Waals surface area contributed by atoms with E-state index in [9.17, 15) is 4.39 Å². The number of benzene rings is 1. The third-order valence-electron chi connectivity index (χ3n) is 4.36. The number of hydrogen-bond acceptors (Lipinski definition) is 2. The van der Waals surface area contributed by atoms with Crippen molar-refractivity contribution in [3.05, 3.63) is 35.9 Å². The first-order valence-corrected chi connectivity index (χ1v) is 7.00. The molecule has 0 aliphatic carbocycles. The molecule has 1 aliphatic heterocycles. The van der Waals surface area contributed by atoms with Crippen molar-refractivity contribution in [1.82, 2.24) is 0 Å². The molecule has 2 rings (SSSR count). The van der Waals surface area contributed by atoms with Gasteiger partial charge in [0, 0.05) is 5.92 Å².